The third kappa shape index (κ3) is 12.9. The smallest absolute Gasteiger partial charge is 0.317 e. The number of benzene rings is 4. The van der Waals surface area contributed by atoms with Crippen LogP contribution in [0.15, 0.2) is 83.1 Å². The number of aryl methyl sites for hydroxylation is 1. The highest BCUT2D eigenvalue weighted by atomic mass is 16.7. The summed E-state index contributed by atoms with van der Waals surface area (Å²) in [4.78, 5) is 79.2. The van der Waals surface area contributed by atoms with E-state index in [4.69, 9.17) is 9.68 Å². The number of oxime groups is 2. The summed E-state index contributed by atoms with van der Waals surface area (Å²) in [6.07, 6.45) is 23.9. The van der Waals surface area contributed by atoms with Crippen molar-refractivity contribution in [2.45, 2.75) is 219 Å². The lowest BCUT2D eigenvalue weighted by Gasteiger charge is -2.33. The number of carbonyl (C=O) groups is 4. The van der Waals surface area contributed by atoms with E-state index in [9.17, 15) is 29.3 Å². The van der Waals surface area contributed by atoms with Gasteiger partial charge < -0.3 is 9.68 Å². The fourth-order valence-corrected chi connectivity index (χ4v) is 13.5. The lowest BCUT2D eigenvalue weighted by molar-refractivity contribution is -0.384. The predicted molar refractivity (Wildman–Crippen MR) is 307 cm³/mol. The third-order valence-corrected chi connectivity index (χ3v) is 17.8. The van der Waals surface area contributed by atoms with Crippen LogP contribution in [0.1, 0.15) is 250 Å². The van der Waals surface area contributed by atoms with Crippen molar-refractivity contribution in [1.29, 1.82) is 0 Å². The van der Waals surface area contributed by atoms with Crippen molar-refractivity contribution in [3.63, 3.8) is 0 Å². The Labute approximate surface area is 457 Å². The van der Waals surface area contributed by atoms with E-state index < -0.39 is 23.8 Å². The minimum absolute atomic E-state index is 0.0478. The minimum Gasteiger partial charge on any atom is -0.317 e. The zero-order valence-corrected chi connectivity index (χ0v) is 46.8. The number of non-ortho nitro benzene ring substituents is 1. The molecule has 0 heterocycles. The third-order valence-electron chi connectivity index (χ3n) is 17.8. The van der Waals surface area contributed by atoms with Gasteiger partial charge in [0.2, 0.25) is 11.6 Å². The zero-order valence-electron chi connectivity index (χ0n) is 46.8. The Bertz CT molecular complexity index is 2830. The van der Waals surface area contributed by atoms with Crippen LogP contribution in [-0.2, 0) is 30.1 Å². The largest absolute Gasteiger partial charge is 0.346 e. The fraction of sp³-hybridized carbons (Fsp3) is 0.545. The highest BCUT2D eigenvalue weighted by Crippen LogP contribution is 2.56. The Morgan fingerprint density at radius 1 is 0.532 bits per heavy atom. The summed E-state index contributed by atoms with van der Waals surface area (Å²) < 4.78 is 0. The molecule has 77 heavy (non-hydrogen) atoms. The van der Waals surface area contributed by atoms with Gasteiger partial charge >= 0.3 is 11.9 Å². The first-order valence-corrected chi connectivity index (χ1v) is 29.7. The van der Waals surface area contributed by atoms with Crippen molar-refractivity contribution in [3.8, 4) is 22.3 Å². The van der Waals surface area contributed by atoms with E-state index in [0.717, 1.165) is 163 Å². The van der Waals surface area contributed by atoms with Crippen molar-refractivity contribution in [3.05, 3.63) is 122 Å². The molecule has 11 heteroatoms. The Hall–Kier alpha value is -6.10. The van der Waals surface area contributed by atoms with Gasteiger partial charge in [-0.05, 0) is 133 Å². The average Bonchev–Trinajstić information content (AvgIpc) is 3.89. The topological polar surface area (TPSA) is 155 Å². The average molecular weight is 1050 g/mol. The number of nitrogens with zero attached hydrogens (tertiary/aromatic N) is 3. The second kappa shape index (κ2) is 26.5. The molecule has 0 atom stereocenters. The number of ketones is 2. The molecule has 4 aliphatic rings. The molecule has 0 saturated heterocycles. The zero-order chi connectivity index (χ0) is 54.5. The lowest BCUT2D eigenvalue weighted by atomic mass is 9.70. The summed E-state index contributed by atoms with van der Waals surface area (Å²) >= 11 is 0. The predicted octanol–water partition coefficient (Wildman–Crippen LogP) is 17.2. The van der Waals surface area contributed by atoms with Gasteiger partial charge in [0.25, 0.3) is 5.69 Å². The molecule has 2 saturated carbocycles. The van der Waals surface area contributed by atoms with E-state index in [-0.39, 0.29) is 45.4 Å². The van der Waals surface area contributed by atoms with Gasteiger partial charge in [-0.3, -0.25) is 19.7 Å². The van der Waals surface area contributed by atoms with Crippen LogP contribution < -0.4 is 0 Å². The summed E-state index contributed by atoms with van der Waals surface area (Å²) in [6, 6.07) is 23.6. The number of Topliss-reactive ketones (excluding diaryl/α,β-unsaturated/α-hetero) is 2. The Balaban J connectivity index is 1.04. The summed E-state index contributed by atoms with van der Waals surface area (Å²) in [5.41, 5.74) is 10.4. The highest BCUT2D eigenvalue weighted by molar-refractivity contribution is 6.46. The minimum atomic E-state index is -1.00. The van der Waals surface area contributed by atoms with E-state index >= 15 is 0 Å². The van der Waals surface area contributed by atoms with E-state index in [1.165, 1.54) is 35.1 Å². The number of nitro benzene ring substituents is 1. The van der Waals surface area contributed by atoms with Crippen molar-refractivity contribution >= 4 is 40.6 Å². The van der Waals surface area contributed by atoms with Gasteiger partial charge in [0.05, 0.1) is 4.92 Å². The molecule has 11 nitrogen and oxygen atoms in total. The van der Waals surface area contributed by atoms with Gasteiger partial charge in [0.1, 0.15) is 17.8 Å². The fourth-order valence-electron chi connectivity index (χ4n) is 13.5. The van der Waals surface area contributed by atoms with Gasteiger partial charge in [-0.25, -0.2) is 9.59 Å². The lowest BCUT2D eigenvalue weighted by Crippen LogP contribution is -2.26. The standard InChI is InChI=1S/C66H83N3O8/c1-6-10-36-65(37-11-7-2)55-40-45(5)24-30-51(55)52-31-27-48(41-56(52)65)63(72)59(34-25-46-20-16-14-17-21-46)67-76-61(70)44-62(71)77-68-60(35-26-47-22-18-15-19-23-47)64(73)49-28-32-53-54-33-29-50(69(74)75)43-58(54)66(38-12-8-3,39-13-9-4)57(53)42-49/h24,27-33,40-43,46-47H,6-23,25-26,34-39,44H2,1-5H3/b67-59+,68-60?. The molecule has 0 unspecified atom stereocenters. The number of unbranched alkanes of at least 4 members (excludes halogenated alkanes) is 4. The van der Waals surface area contributed by atoms with Gasteiger partial charge in [-0.2, -0.15) is 0 Å². The van der Waals surface area contributed by atoms with Crippen LogP contribution in [0.2, 0.25) is 0 Å². The molecular formula is C66H83N3O8. The number of rotatable bonds is 27. The second-order valence-corrected chi connectivity index (χ2v) is 23.1. The molecule has 0 radical (unpaired) electrons. The van der Waals surface area contributed by atoms with E-state index in [1.807, 2.05) is 24.3 Å². The first-order chi connectivity index (χ1) is 37.4. The Morgan fingerprint density at radius 2 is 0.909 bits per heavy atom. The molecule has 0 aliphatic heterocycles. The first-order valence-electron chi connectivity index (χ1n) is 29.7. The molecule has 4 aromatic rings. The molecule has 410 valence electrons. The van der Waals surface area contributed by atoms with Crippen LogP contribution in [0.4, 0.5) is 5.69 Å². The van der Waals surface area contributed by atoms with Gasteiger partial charge in [0.15, 0.2) is 0 Å². The molecule has 0 aromatic heterocycles. The first kappa shape index (κ1) is 57.1. The van der Waals surface area contributed by atoms with Crippen LogP contribution in [0, 0.1) is 28.9 Å². The number of hydrogen-bond acceptors (Lipinski definition) is 10. The number of fused-ring (bicyclic) bond motifs is 6. The van der Waals surface area contributed by atoms with Crippen molar-refractivity contribution < 1.29 is 33.8 Å². The molecule has 2 fully saturated rings. The SMILES string of the molecule is CCCCC1(CCCC)c2cc(C)ccc2-c2ccc(C(=O)/C(CCC3CCCCC3)=N/OC(=O)CC(=O)ON=C(CCC3CCCCC3)C(=O)c3ccc4c(c3)C(CCCC)(CCCC)c3cc([N+](=O)[O-])ccc3-4)cc21. The Kier molecular flexibility index (Phi) is 19.6. The second-order valence-electron chi connectivity index (χ2n) is 23.1. The quantitative estimate of drug-likeness (QED) is 0.0143. The number of carbonyl (C=O) groups excluding carboxylic acids is 4. The molecule has 0 amide bonds. The monoisotopic (exact) mass is 1050 g/mol. The maximum Gasteiger partial charge on any atom is 0.346 e. The summed E-state index contributed by atoms with van der Waals surface area (Å²) in [7, 11) is 0. The highest BCUT2D eigenvalue weighted by Gasteiger charge is 2.45. The van der Waals surface area contributed by atoms with Crippen molar-refractivity contribution in [2.75, 3.05) is 0 Å². The van der Waals surface area contributed by atoms with Crippen LogP contribution in [0.3, 0.4) is 0 Å². The van der Waals surface area contributed by atoms with Crippen LogP contribution in [0.25, 0.3) is 22.3 Å². The number of hydrogen-bond donors (Lipinski definition) is 0. The van der Waals surface area contributed by atoms with E-state index in [1.54, 1.807) is 18.2 Å². The summed E-state index contributed by atoms with van der Waals surface area (Å²) in [5.74, 6) is -1.81. The number of nitro groups is 1. The van der Waals surface area contributed by atoms with E-state index in [0.29, 0.717) is 35.8 Å². The molecule has 0 bridgehead atoms. The van der Waals surface area contributed by atoms with Crippen molar-refractivity contribution in [2.24, 2.45) is 22.1 Å². The normalized spacial score (nSPS) is 16.8. The van der Waals surface area contributed by atoms with E-state index in [2.05, 4.69) is 75.3 Å². The molecule has 4 aromatic carbocycles. The van der Waals surface area contributed by atoms with Crippen LogP contribution in [-0.4, -0.2) is 39.9 Å². The van der Waals surface area contributed by atoms with Crippen LogP contribution >= 0.6 is 0 Å². The summed E-state index contributed by atoms with van der Waals surface area (Å²) in [6.45, 7) is 10.9. The van der Waals surface area contributed by atoms with Gasteiger partial charge in [-0.15, -0.1) is 0 Å². The molecule has 0 spiro atoms. The maximum atomic E-state index is 14.8. The summed E-state index contributed by atoms with van der Waals surface area (Å²) in [5, 5.41) is 20.6. The molecule has 4 aliphatic carbocycles. The van der Waals surface area contributed by atoms with Gasteiger partial charge in [0, 0.05) is 34.1 Å². The molecular weight excluding hydrogens is 963 g/mol. The maximum absolute atomic E-state index is 14.8. The Morgan fingerprint density at radius 3 is 1.31 bits per heavy atom. The van der Waals surface area contributed by atoms with Crippen LogP contribution in [0.5, 0.6) is 0 Å². The molecule has 0 N–H and O–H groups in total. The van der Waals surface area contributed by atoms with Crippen molar-refractivity contribution in [1.82, 2.24) is 0 Å². The molecule has 8 rings (SSSR count). The van der Waals surface area contributed by atoms with Gasteiger partial charge in [-0.1, -0.05) is 202 Å².